The summed E-state index contributed by atoms with van der Waals surface area (Å²) in [5, 5.41) is 5.64. The molecule has 1 aliphatic heterocycles. The van der Waals surface area contributed by atoms with Gasteiger partial charge in [0, 0.05) is 31.8 Å². The van der Waals surface area contributed by atoms with Crippen LogP contribution in [0.15, 0.2) is 36.8 Å². The van der Waals surface area contributed by atoms with Crippen LogP contribution in [0.25, 0.3) is 0 Å². The number of ether oxygens (including phenoxy) is 1. The topological polar surface area (TPSA) is 68.2 Å². The van der Waals surface area contributed by atoms with Crippen LogP contribution in [-0.2, 0) is 18.3 Å². The van der Waals surface area contributed by atoms with Crippen LogP contribution in [0, 0.1) is 5.82 Å². The van der Waals surface area contributed by atoms with Gasteiger partial charge < -0.3 is 19.9 Å². The van der Waals surface area contributed by atoms with E-state index in [4.69, 9.17) is 4.74 Å². The maximum Gasteiger partial charge on any atom is 0.315 e. The fraction of sp³-hybridized carbons (Fsp3) is 0.412. The highest BCUT2D eigenvalue weighted by atomic mass is 19.1. The van der Waals surface area contributed by atoms with E-state index >= 15 is 0 Å². The lowest BCUT2D eigenvalue weighted by molar-refractivity contribution is -0.00178. The highest BCUT2D eigenvalue weighted by Crippen LogP contribution is 2.27. The second-order valence-electron chi connectivity index (χ2n) is 5.93. The van der Waals surface area contributed by atoms with Crippen molar-refractivity contribution in [3.63, 3.8) is 0 Å². The molecule has 0 bridgehead atoms. The van der Waals surface area contributed by atoms with Crippen LogP contribution in [0.1, 0.15) is 30.2 Å². The van der Waals surface area contributed by atoms with E-state index in [-0.39, 0.29) is 30.5 Å². The van der Waals surface area contributed by atoms with Crippen molar-refractivity contribution in [1.82, 2.24) is 20.2 Å². The molecule has 0 saturated carbocycles. The SMILES string of the molecule is Cn1cncc1[C@H]1C[C@@H](NC(=O)NCc2ccccc2F)CCO1. The van der Waals surface area contributed by atoms with E-state index in [1.54, 1.807) is 30.7 Å². The van der Waals surface area contributed by atoms with E-state index in [9.17, 15) is 9.18 Å². The molecule has 2 N–H and O–H groups in total. The summed E-state index contributed by atoms with van der Waals surface area (Å²) in [6.07, 6.45) is 4.87. The minimum atomic E-state index is -0.319. The molecule has 2 amide bonds. The standard InChI is InChI=1S/C17H21FN4O2/c1-22-11-19-10-15(22)16-8-13(6-7-24-16)21-17(23)20-9-12-4-2-3-5-14(12)18/h2-5,10-11,13,16H,6-9H2,1H3,(H2,20,21,23)/t13-,16+/m0/s1. The molecule has 1 aliphatic rings. The molecule has 0 aliphatic carbocycles. The Morgan fingerprint density at radius 2 is 2.29 bits per heavy atom. The summed E-state index contributed by atoms with van der Waals surface area (Å²) in [4.78, 5) is 16.2. The summed E-state index contributed by atoms with van der Waals surface area (Å²) in [5.74, 6) is -0.319. The summed E-state index contributed by atoms with van der Waals surface area (Å²) in [7, 11) is 1.92. The lowest BCUT2D eigenvalue weighted by Crippen LogP contribution is -2.44. The summed E-state index contributed by atoms with van der Waals surface area (Å²) < 4.78 is 21.2. The van der Waals surface area contributed by atoms with Crippen molar-refractivity contribution in [2.45, 2.75) is 31.5 Å². The first-order valence-corrected chi connectivity index (χ1v) is 7.99. The Morgan fingerprint density at radius 1 is 1.46 bits per heavy atom. The minimum Gasteiger partial charge on any atom is -0.372 e. The van der Waals surface area contributed by atoms with Crippen LogP contribution < -0.4 is 10.6 Å². The van der Waals surface area contributed by atoms with Gasteiger partial charge in [0.15, 0.2) is 0 Å². The van der Waals surface area contributed by atoms with E-state index in [1.165, 1.54) is 6.07 Å². The molecule has 7 heteroatoms. The smallest absolute Gasteiger partial charge is 0.315 e. The summed E-state index contributed by atoms with van der Waals surface area (Å²) in [6, 6.07) is 6.12. The molecule has 0 unspecified atom stereocenters. The zero-order valence-corrected chi connectivity index (χ0v) is 13.5. The van der Waals surface area contributed by atoms with Crippen LogP contribution in [0.3, 0.4) is 0 Å². The number of nitrogens with one attached hydrogen (secondary N) is 2. The molecule has 1 fully saturated rings. The predicted molar refractivity (Wildman–Crippen MR) is 86.7 cm³/mol. The largest absolute Gasteiger partial charge is 0.372 e. The van der Waals surface area contributed by atoms with E-state index in [0.717, 1.165) is 12.1 Å². The third-order valence-corrected chi connectivity index (χ3v) is 4.20. The second-order valence-corrected chi connectivity index (χ2v) is 5.93. The molecular weight excluding hydrogens is 311 g/mol. The number of carbonyl (C=O) groups is 1. The molecule has 24 heavy (non-hydrogen) atoms. The van der Waals surface area contributed by atoms with E-state index in [2.05, 4.69) is 15.6 Å². The fourth-order valence-electron chi connectivity index (χ4n) is 2.87. The van der Waals surface area contributed by atoms with Gasteiger partial charge in [-0.3, -0.25) is 0 Å². The summed E-state index contributed by atoms with van der Waals surface area (Å²) in [6.45, 7) is 0.737. The normalized spacial score (nSPS) is 20.6. The van der Waals surface area contributed by atoms with E-state index < -0.39 is 0 Å². The Balaban J connectivity index is 1.51. The van der Waals surface area contributed by atoms with Crippen molar-refractivity contribution in [2.75, 3.05) is 6.61 Å². The Hall–Kier alpha value is -2.41. The van der Waals surface area contributed by atoms with Gasteiger partial charge in [0.05, 0.1) is 18.2 Å². The van der Waals surface area contributed by atoms with E-state index in [0.29, 0.717) is 18.6 Å². The lowest BCUT2D eigenvalue weighted by Gasteiger charge is -2.30. The van der Waals surface area contributed by atoms with Gasteiger partial charge in [0.1, 0.15) is 11.9 Å². The Labute approximate surface area is 140 Å². The second kappa shape index (κ2) is 7.44. The van der Waals surface area contributed by atoms with Crippen molar-refractivity contribution in [3.05, 3.63) is 53.9 Å². The van der Waals surface area contributed by atoms with Crippen LogP contribution in [0.2, 0.25) is 0 Å². The quantitative estimate of drug-likeness (QED) is 0.902. The molecule has 3 rings (SSSR count). The van der Waals surface area contributed by atoms with Crippen molar-refractivity contribution >= 4 is 6.03 Å². The molecule has 128 valence electrons. The number of urea groups is 1. The van der Waals surface area contributed by atoms with Gasteiger partial charge in [-0.2, -0.15) is 0 Å². The highest BCUT2D eigenvalue weighted by Gasteiger charge is 2.26. The Bertz CT molecular complexity index is 703. The van der Waals surface area contributed by atoms with Gasteiger partial charge in [-0.25, -0.2) is 14.2 Å². The number of hydrogen-bond donors (Lipinski definition) is 2. The number of nitrogens with zero attached hydrogens (tertiary/aromatic N) is 2. The molecule has 0 spiro atoms. The van der Waals surface area contributed by atoms with Gasteiger partial charge in [-0.15, -0.1) is 0 Å². The average Bonchev–Trinajstić information content (AvgIpc) is 3.00. The monoisotopic (exact) mass is 332 g/mol. The first-order valence-electron chi connectivity index (χ1n) is 7.99. The Morgan fingerprint density at radius 3 is 3.04 bits per heavy atom. The lowest BCUT2D eigenvalue weighted by atomic mass is 10.0. The first-order chi connectivity index (χ1) is 11.6. The van der Waals surface area contributed by atoms with Gasteiger partial charge in [0.2, 0.25) is 0 Å². The number of aromatic nitrogens is 2. The van der Waals surface area contributed by atoms with Gasteiger partial charge in [-0.1, -0.05) is 18.2 Å². The molecular formula is C17H21FN4O2. The molecule has 6 nitrogen and oxygen atoms in total. The molecule has 1 aromatic carbocycles. The molecule has 1 aromatic heterocycles. The van der Waals surface area contributed by atoms with Crippen LogP contribution in [-0.4, -0.2) is 28.2 Å². The van der Waals surface area contributed by atoms with Crippen LogP contribution in [0.4, 0.5) is 9.18 Å². The molecule has 2 atom stereocenters. The molecule has 2 heterocycles. The van der Waals surface area contributed by atoms with Crippen LogP contribution >= 0.6 is 0 Å². The molecule has 0 radical (unpaired) electrons. The number of halogens is 1. The average molecular weight is 332 g/mol. The van der Waals surface area contributed by atoms with Gasteiger partial charge in [-0.05, 0) is 18.9 Å². The number of aryl methyl sites for hydroxylation is 1. The summed E-state index contributed by atoms with van der Waals surface area (Å²) in [5.41, 5.74) is 1.46. The maximum absolute atomic E-state index is 13.5. The van der Waals surface area contributed by atoms with Crippen molar-refractivity contribution in [2.24, 2.45) is 7.05 Å². The number of amides is 2. The number of benzene rings is 1. The number of carbonyl (C=O) groups excluding carboxylic acids is 1. The number of imidazole rings is 1. The van der Waals surface area contributed by atoms with Crippen LogP contribution in [0.5, 0.6) is 0 Å². The highest BCUT2D eigenvalue weighted by molar-refractivity contribution is 5.74. The Kier molecular flexibility index (Phi) is 5.10. The molecule has 2 aromatic rings. The zero-order valence-electron chi connectivity index (χ0n) is 13.5. The number of hydrogen-bond acceptors (Lipinski definition) is 3. The van der Waals surface area contributed by atoms with Gasteiger partial charge in [0.25, 0.3) is 0 Å². The van der Waals surface area contributed by atoms with Crippen molar-refractivity contribution in [1.29, 1.82) is 0 Å². The third-order valence-electron chi connectivity index (χ3n) is 4.20. The molecule has 1 saturated heterocycles. The van der Waals surface area contributed by atoms with E-state index in [1.807, 2.05) is 11.6 Å². The van der Waals surface area contributed by atoms with Gasteiger partial charge >= 0.3 is 6.03 Å². The first kappa shape index (κ1) is 16.4. The maximum atomic E-state index is 13.5. The van der Waals surface area contributed by atoms with Crippen molar-refractivity contribution < 1.29 is 13.9 Å². The van der Waals surface area contributed by atoms with Crippen molar-refractivity contribution in [3.8, 4) is 0 Å². The third kappa shape index (κ3) is 3.91. The summed E-state index contributed by atoms with van der Waals surface area (Å²) >= 11 is 0. The predicted octanol–water partition coefficient (Wildman–Crippen LogP) is 2.28. The minimum absolute atomic E-state index is 0.0132. The number of rotatable bonds is 4. The zero-order chi connectivity index (χ0) is 16.9. The fourth-order valence-corrected chi connectivity index (χ4v) is 2.87.